The summed E-state index contributed by atoms with van der Waals surface area (Å²) < 4.78 is 38.0. The van der Waals surface area contributed by atoms with Crippen LogP contribution in [0.2, 0.25) is 0 Å². The van der Waals surface area contributed by atoms with E-state index in [1.165, 1.54) is 12.1 Å². The third-order valence-electron chi connectivity index (χ3n) is 4.02. The van der Waals surface area contributed by atoms with Gasteiger partial charge < -0.3 is 10.6 Å². The minimum atomic E-state index is -4.34. The summed E-state index contributed by atoms with van der Waals surface area (Å²) in [6.07, 6.45) is -2.31. The number of halogens is 3. The summed E-state index contributed by atoms with van der Waals surface area (Å²) in [5.74, 6) is 1.14. The number of piperidine rings is 1. The lowest BCUT2D eigenvalue weighted by molar-refractivity contribution is -0.137. The maximum absolute atomic E-state index is 12.7. The van der Waals surface area contributed by atoms with Crippen molar-refractivity contribution in [2.45, 2.75) is 32.0 Å². The van der Waals surface area contributed by atoms with E-state index in [-0.39, 0.29) is 0 Å². The highest BCUT2D eigenvalue weighted by molar-refractivity contribution is 5.58. The van der Waals surface area contributed by atoms with Gasteiger partial charge in [0.2, 0.25) is 0 Å². The number of hydrogen-bond acceptors (Lipinski definition) is 4. The number of benzene rings is 1. The lowest BCUT2D eigenvalue weighted by Gasteiger charge is -2.24. The molecule has 1 aliphatic heterocycles. The van der Waals surface area contributed by atoms with Gasteiger partial charge in [0.15, 0.2) is 5.82 Å². The molecule has 128 valence electrons. The van der Waals surface area contributed by atoms with Gasteiger partial charge in [-0.3, -0.25) is 0 Å². The van der Waals surface area contributed by atoms with E-state index in [0.29, 0.717) is 23.2 Å². The Morgan fingerprint density at radius 3 is 2.38 bits per heavy atom. The van der Waals surface area contributed by atoms with Gasteiger partial charge in [-0.25, -0.2) is 9.97 Å². The van der Waals surface area contributed by atoms with Gasteiger partial charge in [0.25, 0.3) is 0 Å². The highest BCUT2D eigenvalue weighted by Crippen LogP contribution is 2.30. The van der Waals surface area contributed by atoms with Crippen LogP contribution in [0.25, 0.3) is 11.4 Å². The van der Waals surface area contributed by atoms with E-state index in [0.717, 1.165) is 43.8 Å². The van der Waals surface area contributed by atoms with Gasteiger partial charge >= 0.3 is 6.18 Å². The van der Waals surface area contributed by atoms with E-state index in [1.54, 1.807) is 0 Å². The summed E-state index contributed by atoms with van der Waals surface area (Å²) in [7, 11) is 0. The number of alkyl halides is 3. The Labute approximate surface area is 138 Å². The first kappa shape index (κ1) is 16.7. The molecule has 1 aromatic carbocycles. The van der Waals surface area contributed by atoms with Crippen LogP contribution < -0.4 is 10.6 Å². The monoisotopic (exact) mass is 336 g/mol. The van der Waals surface area contributed by atoms with Crippen molar-refractivity contribution >= 4 is 5.82 Å². The first-order chi connectivity index (χ1) is 11.4. The zero-order valence-electron chi connectivity index (χ0n) is 13.3. The van der Waals surface area contributed by atoms with E-state index < -0.39 is 11.7 Å². The number of nitrogens with zero attached hydrogens (tertiary/aromatic N) is 2. The van der Waals surface area contributed by atoms with Crippen LogP contribution in [-0.2, 0) is 6.18 Å². The molecule has 0 spiro atoms. The topological polar surface area (TPSA) is 49.8 Å². The van der Waals surface area contributed by atoms with Crippen LogP contribution in [0.3, 0.4) is 0 Å². The third-order valence-corrected chi connectivity index (χ3v) is 4.02. The fourth-order valence-electron chi connectivity index (χ4n) is 2.76. The summed E-state index contributed by atoms with van der Waals surface area (Å²) in [5, 5.41) is 6.70. The lowest BCUT2D eigenvalue weighted by Crippen LogP contribution is -2.35. The second-order valence-corrected chi connectivity index (χ2v) is 5.96. The Hall–Kier alpha value is -2.15. The molecule has 0 unspecified atom stereocenters. The molecule has 4 nitrogen and oxygen atoms in total. The number of hydrogen-bond donors (Lipinski definition) is 2. The predicted octanol–water partition coefficient (Wildman–Crippen LogP) is 3.63. The van der Waals surface area contributed by atoms with E-state index in [1.807, 2.05) is 13.0 Å². The average molecular weight is 336 g/mol. The maximum Gasteiger partial charge on any atom is 0.416 e. The van der Waals surface area contributed by atoms with Crippen LogP contribution in [0.5, 0.6) is 0 Å². The second kappa shape index (κ2) is 6.76. The minimum absolute atomic E-state index is 0.348. The molecule has 1 aliphatic rings. The van der Waals surface area contributed by atoms with Gasteiger partial charge in [-0.05, 0) is 45.0 Å². The van der Waals surface area contributed by atoms with Gasteiger partial charge in [-0.15, -0.1) is 0 Å². The van der Waals surface area contributed by atoms with Crippen molar-refractivity contribution in [3.8, 4) is 11.4 Å². The first-order valence-electron chi connectivity index (χ1n) is 7.92. The number of nitrogens with one attached hydrogen (secondary N) is 2. The molecule has 7 heteroatoms. The van der Waals surface area contributed by atoms with Gasteiger partial charge in [0.1, 0.15) is 5.82 Å². The average Bonchev–Trinajstić information content (AvgIpc) is 2.54. The number of anilines is 1. The molecule has 2 heterocycles. The zero-order chi connectivity index (χ0) is 17.2. The van der Waals surface area contributed by atoms with Crippen molar-refractivity contribution in [1.29, 1.82) is 0 Å². The van der Waals surface area contributed by atoms with Crippen LogP contribution in [0.4, 0.5) is 19.0 Å². The third kappa shape index (κ3) is 4.03. The van der Waals surface area contributed by atoms with Gasteiger partial charge in [0.05, 0.1) is 5.56 Å². The van der Waals surface area contributed by atoms with E-state index in [2.05, 4.69) is 20.6 Å². The van der Waals surface area contributed by atoms with Gasteiger partial charge in [0, 0.05) is 23.4 Å². The Morgan fingerprint density at radius 1 is 1.08 bits per heavy atom. The lowest BCUT2D eigenvalue weighted by atomic mass is 10.1. The van der Waals surface area contributed by atoms with Crippen LogP contribution >= 0.6 is 0 Å². The van der Waals surface area contributed by atoms with Gasteiger partial charge in [-0.1, -0.05) is 12.1 Å². The van der Waals surface area contributed by atoms with Crippen molar-refractivity contribution in [2.24, 2.45) is 0 Å². The van der Waals surface area contributed by atoms with E-state index >= 15 is 0 Å². The highest BCUT2D eigenvalue weighted by Gasteiger charge is 2.30. The van der Waals surface area contributed by atoms with Crippen molar-refractivity contribution in [1.82, 2.24) is 15.3 Å². The molecule has 3 rings (SSSR count). The van der Waals surface area contributed by atoms with Crippen LogP contribution in [0, 0.1) is 6.92 Å². The molecule has 0 amide bonds. The highest BCUT2D eigenvalue weighted by atomic mass is 19.4. The largest absolute Gasteiger partial charge is 0.416 e. The van der Waals surface area contributed by atoms with Crippen molar-refractivity contribution in [3.63, 3.8) is 0 Å². The van der Waals surface area contributed by atoms with Gasteiger partial charge in [-0.2, -0.15) is 13.2 Å². The van der Waals surface area contributed by atoms with Crippen molar-refractivity contribution < 1.29 is 13.2 Å². The smallest absolute Gasteiger partial charge is 0.367 e. The van der Waals surface area contributed by atoms with E-state index in [4.69, 9.17) is 0 Å². The number of rotatable bonds is 3. The fraction of sp³-hybridized carbons (Fsp3) is 0.412. The molecule has 2 aromatic rings. The SMILES string of the molecule is Cc1cc(NC2CCNCC2)nc(-c2ccc(C(F)(F)F)cc2)n1. The second-order valence-electron chi connectivity index (χ2n) is 5.96. The standard InChI is InChI=1S/C17H19F3N4/c1-11-10-15(23-14-6-8-21-9-7-14)24-16(22-11)12-2-4-13(5-3-12)17(18,19)20/h2-5,10,14,21H,6-9H2,1H3,(H,22,23,24). The molecule has 0 saturated carbocycles. The summed E-state index contributed by atoms with van der Waals surface area (Å²) in [6.45, 7) is 3.78. The Balaban J connectivity index is 1.82. The summed E-state index contributed by atoms with van der Waals surface area (Å²) in [6, 6.07) is 7.14. The first-order valence-corrected chi connectivity index (χ1v) is 7.92. The Kier molecular flexibility index (Phi) is 4.71. The molecule has 24 heavy (non-hydrogen) atoms. The van der Waals surface area contributed by atoms with Crippen LogP contribution in [0.1, 0.15) is 24.1 Å². The maximum atomic E-state index is 12.7. The fourth-order valence-corrected chi connectivity index (χ4v) is 2.76. The number of aromatic nitrogens is 2. The summed E-state index contributed by atoms with van der Waals surface area (Å²) in [5.41, 5.74) is 0.670. The van der Waals surface area contributed by atoms with E-state index in [9.17, 15) is 13.2 Å². The molecule has 0 bridgehead atoms. The van der Waals surface area contributed by atoms with Crippen LogP contribution in [-0.4, -0.2) is 29.1 Å². The van der Waals surface area contributed by atoms with Crippen LogP contribution in [0.15, 0.2) is 30.3 Å². The predicted molar refractivity (Wildman–Crippen MR) is 86.7 cm³/mol. The molecule has 1 saturated heterocycles. The quantitative estimate of drug-likeness (QED) is 0.899. The molecular weight excluding hydrogens is 317 g/mol. The normalized spacial score (nSPS) is 16.2. The number of aryl methyl sites for hydroxylation is 1. The molecule has 0 atom stereocenters. The zero-order valence-corrected chi connectivity index (χ0v) is 13.3. The van der Waals surface area contributed by atoms with Crippen molar-refractivity contribution in [2.75, 3.05) is 18.4 Å². The Bertz CT molecular complexity index is 692. The molecular formula is C17H19F3N4. The van der Waals surface area contributed by atoms with Crippen molar-refractivity contribution in [3.05, 3.63) is 41.6 Å². The summed E-state index contributed by atoms with van der Waals surface area (Å²) in [4.78, 5) is 8.81. The molecule has 1 aromatic heterocycles. The summed E-state index contributed by atoms with van der Waals surface area (Å²) >= 11 is 0. The molecule has 0 aliphatic carbocycles. The molecule has 1 fully saturated rings. The molecule has 0 radical (unpaired) electrons. The molecule has 2 N–H and O–H groups in total. The Morgan fingerprint density at radius 2 is 1.75 bits per heavy atom. The minimum Gasteiger partial charge on any atom is -0.367 e.